The zero-order valence-corrected chi connectivity index (χ0v) is 20.9. The molecule has 3 aromatic carbocycles. The molecule has 1 aliphatic heterocycles. The van der Waals surface area contributed by atoms with Gasteiger partial charge in [0.25, 0.3) is 16.7 Å². The summed E-state index contributed by atoms with van der Waals surface area (Å²) in [5.41, 5.74) is -0.129. The fraction of sp³-hybridized carbons (Fsp3) is 0.111. The molecule has 0 unspecified atom stereocenters. The van der Waals surface area contributed by atoms with Crippen LogP contribution in [0, 0.1) is 0 Å². The van der Waals surface area contributed by atoms with Crippen molar-refractivity contribution >= 4 is 39.9 Å². The van der Waals surface area contributed by atoms with Gasteiger partial charge in [-0.25, -0.2) is 4.98 Å². The first-order valence-electron chi connectivity index (χ1n) is 11.4. The highest BCUT2D eigenvalue weighted by atomic mass is 32.2. The Bertz CT molecular complexity index is 1700. The molecule has 8 nitrogen and oxygen atoms in total. The highest BCUT2D eigenvalue weighted by molar-refractivity contribution is 8.18. The highest BCUT2D eigenvalue weighted by Gasteiger charge is 2.30. The van der Waals surface area contributed by atoms with Gasteiger partial charge in [0.1, 0.15) is 6.61 Å². The number of thioether (sulfide) groups is 1. The van der Waals surface area contributed by atoms with E-state index in [1.165, 1.54) is 29.9 Å². The van der Waals surface area contributed by atoms with Crippen molar-refractivity contribution in [3.05, 3.63) is 98.9 Å². The van der Waals surface area contributed by atoms with Crippen LogP contribution in [0.1, 0.15) is 17.0 Å². The minimum absolute atomic E-state index is 0.157. The molecule has 0 spiro atoms. The quantitative estimate of drug-likeness (QED) is 0.323. The summed E-state index contributed by atoms with van der Waals surface area (Å²) in [5, 5.41) is 2.02. The van der Waals surface area contributed by atoms with Crippen molar-refractivity contribution in [1.82, 2.24) is 14.9 Å². The lowest BCUT2D eigenvalue weighted by Crippen LogP contribution is -2.25. The molecule has 0 aliphatic carbocycles. The van der Waals surface area contributed by atoms with Crippen LogP contribution in [-0.2, 0) is 17.6 Å². The van der Waals surface area contributed by atoms with Gasteiger partial charge in [0.2, 0.25) is 0 Å². The number of carbonyl (C=O) groups is 2. The predicted octanol–water partition coefficient (Wildman–Crippen LogP) is 5.32. The standard InChI is InChI=1S/C27H18F3N3O5S/c1-37-21-12-15(13-22-24(34)32-26(36)39-22)6-11-20(21)38-14-23-31-19-5-3-2-4-18(19)25(35)33(23)17-9-7-16(8-10-17)27(28,29)30/h2-13H,14H2,1H3,(H,32,34,36)/b22-13+. The Morgan fingerprint density at radius 1 is 1.00 bits per heavy atom. The summed E-state index contributed by atoms with van der Waals surface area (Å²) in [5.74, 6) is 0.265. The van der Waals surface area contributed by atoms with Gasteiger partial charge in [0, 0.05) is 0 Å². The maximum absolute atomic E-state index is 13.4. The number of ether oxygens (including phenoxy) is 2. The Hall–Kier alpha value is -4.58. The SMILES string of the molecule is COc1cc(/C=C2/SC(=O)NC2=O)ccc1OCc1nc2ccccc2c(=O)n1-c1ccc(C(F)(F)F)cc1. The fourth-order valence-corrected chi connectivity index (χ4v) is 4.63. The normalized spacial score (nSPS) is 14.6. The van der Waals surface area contributed by atoms with E-state index in [1.54, 1.807) is 42.5 Å². The second-order valence-corrected chi connectivity index (χ2v) is 9.30. The van der Waals surface area contributed by atoms with Gasteiger partial charge in [-0.2, -0.15) is 13.2 Å². The van der Waals surface area contributed by atoms with Crippen LogP contribution < -0.4 is 20.3 Å². The molecule has 1 saturated heterocycles. The van der Waals surface area contributed by atoms with Crippen LogP contribution >= 0.6 is 11.8 Å². The number of fused-ring (bicyclic) bond motifs is 1. The lowest BCUT2D eigenvalue weighted by molar-refractivity contribution is -0.137. The van der Waals surface area contributed by atoms with E-state index in [4.69, 9.17) is 9.47 Å². The van der Waals surface area contributed by atoms with Gasteiger partial charge < -0.3 is 9.47 Å². The number of amides is 2. The molecule has 2 amide bonds. The van der Waals surface area contributed by atoms with Gasteiger partial charge in [0.15, 0.2) is 17.3 Å². The van der Waals surface area contributed by atoms with Gasteiger partial charge >= 0.3 is 6.18 Å². The molecule has 5 rings (SSSR count). The van der Waals surface area contributed by atoms with Crippen LogP contribution in [0.25, 0.3) is 22.7 Å². The number of rotatable bonds is 6. The second-order valence-electron chi connectivity index (χ2n) is 8.28. The van der Waals surface area contributed by atoms with Crippen molar-refractivity contribution in [3.63, 3.8) is 0 Å². The third-order valence-corrected chi connectivity index (χ3v) is 6.59. The van der Waals surface area contributed by atoms with Gasteiger partial charge in [-0.05, 0) is 71.9 Å². The van der Waals surface area contributed by atoms with E-state index >= 15 is 0 Å². The van der Waals surface area contributed by atoms with E-state index in [1.807, 2.05) is 0 Å². The van der Waals surface area contributed by atoms with Gasteiger partial charge in [-0.15, -0.1) is 0 Å². The number of para-hydroxylation sites is 1. The van der Waals surface area contributed by atoms with E-state index in [0.29, 0.717) is 28.0 Å². The number of nitrogens with zero attached hydrogens (tertiary/aromatic N) is 2. The van der Waals surface area contributed by atoms with E-state index in [0.717, 1.165) is 23.9 Å². The average Bonchev–Trinajstić information content (AvgIpc) is 3.23. The molecular formula is C27H18F3N3O5S. The van der Waals surface area contributed by atoms with Gasteiger partial charge in [-0.3, -0.25) is 24.3 Å². The molecule has 4 aromatic rings. The molecule has 1 aliphatic rings. The minimum atomic E-state index is -4.52. The molecule has 2 heterocycles. The monoisotopic (exact) mass is 553 g/mol. The molecule has 12 heteroatoms. The number of carbonyl (C=O) groups excluding carboxylic acids is 2. The number of methoxy groups -OCH3 is 1. The Kier molecular flexibility index (Phi) is 6.87. The zero-order chi connectivity index (χ0) is 27.7. The number of hydrogen-bond acceptors (Lipinski definition) is 7. The molecular weight excluding hydrogens is 535 g/mol. The van der Waals surface area contributed by atoms with Crippen molar-refractivity contribution in [2.75, 3.05) is 7.11 Å². The number of imide groups is 1. The van der Waals surface area contributed by atoms with Crippen LogP contribution in [0.4, 0.5) is 18.0 Å². The molecule has 0 atom stereocenters. The van der Waals surface area contributed by atoms with E-state index in [-0.39, 0.29) is 23.0 Å². The number of aromatic nitrogens is 2. The molecule has 1 aromatic heterocycles. The Morgan fingerprint density at radius 3 is 2.41 bits per heavy atom. The topological polar surface area (TPSA) is 99.5 Å². The lowest BCUT2D eigenvalue weighted by Gasteiger charge is -2.16. The largest absolute Gasteiger partial charge is 0.493 e. The van der Waals surface area contributed by atoms with Crippen LogP contribution in [0.3, 0.4) is 0 Å². The minimum Gasteiger partial charge on any atom is -0.493 e. The first kappa shape index (κ1) is 26.0. The fourth-order valence-electron chi connectivity index (χ4n) is 3.95. The third-order valence-electron chi connectivity index (χ3n) is 5.78. The average molecular weight is 554 g/mol. The first-order chi connectivity index (χ1) is 18.6. The lowest BCUT2D eigenvalue weighted by atomic mass is 10.2. The van der Waals surface area contributed by atoms with E-state index in [9.17, 15) is 27.6 Å². The van der Waals surface area contributed by atoms with Gasteiger partial charge in [0.05, 0.1) is 34.2 Å². The summed E-state index contributed by atoms with van der Waals surface area (Å²) in [6.45, 7) is -0.218. The zero-order valence-electron chi connectivity index (χ0n) is 20.1. The van der Waals surface area contributed by atoms with Crippen molar-refractivity contribution in [1.29, 1.82) is 0 Å². The number of alkyl halides is 3. The second kappa shape index (κ2) is 10.3. The molecule has 0 radical (unpaired) electrons. The number of hydrogen-bond donors (Lipinski definition) is 1. The first-order valence-corrected chi connectivity index (χ1v) is 12.2. The summed E-state index contributed by atoms with van der Waals surface area (Å²) >= 11 is 0.784. The highest BCUT2D eigenvalue weighted by Crippen LogP contribution is 2.33. The number of halogens is 3. The van der Waals surface area contributed by atoms with Crippen LogP contribution in [0.5, 0.6) is 11.5 Å². The molecule has 0 bridgehead atoms. The smallest absolute Gasteiger partial charge is 0.416 e. The summed E-state index contributed by atoms with van der Waals surface area (Å²) in [4.78, 5) is 41.4. The van der Waals surface area contributed by atoms with Crippen LogP contribution in [0.15, 0.2) is 76.4 Å². The van der Waals surface area contributed by atoms with E-state index < -0.39 is 28.4 Å². The Balaban J connectivity index is 1.50. The molecule has 0 saturated carbocycles. The van der Waals surface area contributed by atoms with E-state index in [2.05, 4.69) is 10.3 Å². The van der Waals surface area contributed by atoms with Crippen LogP contribution in [-0.4, -0.2) is 27.8 Å². The summed E-state index contributed by atoms with van der Waals surface area (Å²) < 4.78 is 51.8. The Morgan fingerprint density at radius 2 is 1.74 bits per heavy atom. The molecule has 1 fully saturated rings. The number of benzene rings is 3. The summed E-state index contributed by atoms with van der Waals surface area (Å²) in [6, 6.07) is 15.7. The maximum atomic E-state index is 13.4. The maximum Gasteiger partial charge on any atom is 0.416 e. The molecule has 1 N–H and O–H groups in total. The molecule has 198 valence electrons. The van der Waals surface area contributed by atoms with Crippen molar-refractivity contribution < 1.29 is 32.2 Å². The van der Waals surface area contributed by atoms with Gasteiger partial charge in [-0.1, -0.05) is 18.2 Å². The predicted molar refractivity (Wildman–Crippen MR) is 139 cm³/mol. The van der Waals surface area contributed by atoms with Crippen LogP contribution in [0.2, 0.25) is 0 Å². The molecule has 39 heavy (non-hydrogen) atoms. The summed E-state index contributed by atoms with van der Waals surface area (Å²) in [6.07, 6.45) is -2.99. The van der Waals surface area contributed by atoms with Crippen molar-refractivity contribution in [3.8, 4) is 17.2 Å². The summed E-state index contributed by atoms with van der Waals surface area (Å²) in [7, 11) is 1.42. The van der Waals surface area contributed by atoms with Crippen molar-refractivity contribution in [2.24, 2.45) is 0 Å². The Labute approximate surface area is 223 Å². The third kappa shape index (κ3) is 5.36. The number of nitrogens with one attached hydrogen (secondary N) is 1. The van der Waals surface area contributed by atoms with Crippen molar-refractivity contribution in [2.45, 2.75) is 12.8 Å².